The van der Waals surface area contributed by atoms with Crippen LogP contribution in [0.3, 0.4) is 0 Å². The average Bonchev–Trinajstić information content (AvgIpc) is 2.70. The van der Waals surface area contributed by atoms with Gasteiger partial charge in [-0.1, -0.05) is 0 Å². The molecule has 0 saturated heterocycles. The van der Waals surface area contributed by atoms with Gasteiger partial charge in [0.2, 0.25) is 0 Å². The van der Waals surface area contributed by atoms with E-state index in [1.165, 1.54) is 12.8 Å². The van der Waals surface area contributed by atoms with Crippen LogP contribution in [0.5, 0.6) is 0 Å². The van der Waals surface area contributed by atoms with Gasteiger partial charge in [-0.15, -0.1) is 0 Å². The van der Waals surface area contributed by atoms with E-state index in [1.807, 2.05) is 12.1 Å². The molecule has 1 aromatic carbocycles. The number of rotatable bonds is 1. The van der Waals surface area contributed by atoms with Crippen LogP contribution in [-0.2, 0) is 3.43 Å². The molecule has 1 aliphatic rings. The van der Waals surface area contributed by atoms with Crippen molar-refractivity contribution in [1.82, 2.24) is 0 Å². The van der Waals surface area contributed by atoms with Crippen molar-refractivity contribution in [2.45, 2.75) is 16.3 Å². The fraction of sp³-hybridized carbons (Fsp3) is 0.333. The van der Waals surface area contributed by atoms with Crippen molar-refractivity contribution in [2.75, 3.05) is 0 Å². The van der Waals surface area contributed by atoms with Crippen LogP contribution in [0.2, 0.25) is 0 Å². The number of halogens is 1. The third kappa shape index (κ3) is 1.30. The molecule has 1 aromatic rings. The second kappa shape index (κ2) is 2.47. The minimum absolute atomic E-state index is 0.0161. The van der Waals surface area contributed by atoms with Gasteiger partial charge in [0.1, 0.15) is 0 Å². The Hall–Kier alpha value is -0.0513. The molecule has 2 heteroatoms. The maximum absolute atomic E-state index is 13.1. The van der Waals surface area contributed by atoms with Crippen LogP contribution in [0.1, 0.15) is 18.4 Å². The van der Waals surface area contributed by atoms with E-state index < -0.39 is 0 Å². The Morgan fingerprint density at radius 2 is 1.91 bits per heavy atom. The van der Waals surface area contributed by atoms with Crippen LogP contribution in [0.4, 0.5) is 4.39 Å². The van der Waals surface area contributed by atoms with Crippen molar-refractivity contribution in [2.24, 2.45) is 0 Å². The van der Waals surface area contributed by atoms with Gasteiger partial charge in [0, 0.05) is 0 Å². The Balaban J connectivity index is 2.45. The average molecular weight is 255 g/mol. The predicted octanol–water partition coefficient (Wildman–Crippen LogP) is 1.72. The maximum atomic E-state index is 13.1. The molecule has 0 bridgehead atoms. The summed E-state index contributed by atoms with van der Waals surface area (Å²) >= 11 is 1.15. The number of hydrogen-bond donors (Lipinski definition) is 0. The summed E-state index contributed by atoms with van der Waals surface area (Å²) in [6.07, 6.45) is 2.38. The Kier molecular flexibility index (Phi) is 1.71. The molecule has 0 spiro atoms. The zero-order chi connectivity index (χ0) is 7.90. The molecule has 0 aliphatic heterocycles. The van der Waals surface area contributed by atoms with Crippen molar-refractivity contribution in [3.05, 3.63) is 35.6 Å². The fourth-order valence-corrected chi connectivity index (χ4v) is 2.35. The van der Waals surface area contributed by atoms with Crippen molar-refractivity contribution in [1.29, 1.82) is 0 Å². The van der Waals surface area contributed by atoms with Crippen LogP contribution < -0.4 is 0 Å². The van der Waals surface area contributed by atoms with E-state index in [9.17, 15) is 4.39 Å². The summed E-state index contributed by atoms with van der Waals surface area (Å²) in [5.41, 5.74) is 0.947. The molecule has 2 rings (SSSR count). The molecular formula is C9H9FSn. The summed E-state index contributed by atoms with van der Waals surface area (Å²) < 4.78 is 13.4. The molecule has 0 atom stereocenters. The van der Waals surface area contributed by atoms with Crippen molar-refractivity contribution in [3.63, 3.8) is 0 Å². The van der Waals surface area contributed by atoms with Crippen LogP contribution >= 0.6 is 0 Å². The van der Waals surface area contributed by atoms with Crippen LogP contribution in [0.25, 0.3) is 0 Å². The second-order valence-corrected chi connectivity index (χ2v) is 6.29. The molecule has 2 radical (unpaired) electrons. The zero-order valence-electron chi connectivity index (χ0n) is 6.18. The first-order valence-corrected chi connectivity index (χ1v) is 5.41. The first-order chi connectivity index (χ1) is 5.22. The molecule has 56 valence electrons. The third-order valence-electron chi connectivity index (χ3n) is 2.20. The van der Waals surface area contributed by atoms with Gasteiger partial charge in [0.15, 0.2) is 0 Å². The van der Waals surface area contributed by atoms with E-state index in [4.69, 9.17) is 0 Å². The Labute approximate surface area is 78.9 Å². The van der Waals surface area contributed by atoms with Crippen molar-refractivity contribution in [3.8, 4) is 0 Å². The van der Waals surface area contributed by atoms with E-state index in [-0.39, 0.29) is 9.25 Å². The first-order valence-electron chi connectivity index (χ1n) is 3.76. The third-order valence-corrected chi connectivity index (χ3v) is 4.73. The molecule has 0 aromatic heterocycles. The van der Waals surface area contributed by atoms with E-state index in [0.29, 0.717) is 0 Å². The van der Waals surface area contributed by atoms with Crippen LogP contribution in [0.15, 0.2) is 24.3 Å². The molecule has 0 amide bonds. The van der Waals surface area contributed by atoms with Crippen molar-refractivity contribution < 1.29 is 4.39 Å². The Morgan fingerprint density at radius 3 is 2.45 bits per heavy atom. The quantitative estimate of drug-likeness (QED) is 0.670. The SMILES string of the molecule is Fc1ccccc1[C]1([SnH])CC1. The minimum atomic E-state index is -0.0161. The Bertz CT molecular complexity index is 279. The van der Waals surface area contributed by atoms with E-state index in [2.05, 4.69) is 0 Å². The standard InChI is InChI=1S/C9H8F.Sn.H/c10-9-4-2-1-3-8(9)7-5-6-7;;/h1-4H,5-6H2;;. The molecule has 0 N–H and O–H groups in total. The zero-order valence-corrected chi connectivity index (χ0v) is 9.47. The molecule has 1 saturated carbocycles. The topological polar surface area (TPSA) is 0 Å². The van der Waals surface area contributed by atoms with Crippen molar-refractivity contribution >= 4 is 22.5 Å². The van der Waals surface area contributed by atoms with Crippen LogP contribution in [0, 0.1) is 5.82 Å². The summed E-state index contributed by atoms with van der Waals surface area (Å²) in [6.45, 7) is 0. The van der Waals surface area contributed by atoms with Gasteiger partial charge in [-0.3, -0.25) is 0 Å². The monoisotopic (exact) mass is 256 g/mol. The van der Waals surface area contributed by atoms with Gasteiger partial charge in [-0.25, -0.2) is 0 Å². The van der Waals surface area contributed by atoms with Gasteiger partial charge in [0.25, 0.3) is 0 Å². The normalized spacial score (nSPS) is 19.8. The Morgan fingerprint density at radius 1 is 1.27 bits per heavy atom. The van der Waals surface area contributed by atoms with Crippen LogP contribution in [-0.4, -0.2) is 22.5 Å². The van der Waals surface area contributed by atoms with E-state index in [1.54, 1.807) is 12.1 Å². The summed E-state index contributed by atoms with van der Waals surface area (Å²) in [7, 11) is 0. The predicted molar refractivity (Wildman–Crippen MR) is 44.5 cm³/mol. The number of benzene rings is 1. The summed E-state index contributed by atoms with van der Waals surface area (Å²) in [5, 5.41) is 0. The molecule has 1 fully saturated rings. The second-order valence-electron chi connectivity index (χ2n) is 3.14. The summed E-state index contributed by atoms with van der Waals surface area (Å²) in [4.78, 5) is 0. The summed E-state index contributed by atoms with van der Waals surface area (Å²) in [5.74, 6) is -0.0161. The van der Waals surface area contributed by atoms with E-state index >= 15 is 0 Å². The molecule has 0 nitrogen and oxygen atoms in total. The van der Waals surface area contributed by atoms with Gasteiger partial charge in [0.05, 0.1) is 0 Å². The summed E-state index contributed by atoms with van der Waals surface area (Å²) in [6, 6.07) is 7.17. The fourth-order valence-electron chi connectivity index (χ4n) is 1.27. The molecule has 11 heavy (non-hydrogen) atoms. The first kappa shape index (κ1) is 7.59. The molecule has 0 heterocycles. The molecule has 1 aliphatic carbocycles. The van der Waals surface area contributed by atoms with E-state index in [0.717, 1.165) is 28.1 Å². The van der Waals surface area contributed by atoms with Gasteiger partial charge in [-0.05, 0) is 0 Å². The van der Waals surface area contributed by atoms with Gasteiger partial charge >= 0.3 is 78.8 Å². The van der Waals surface area contributed by atoms with Gasteiger partial charge in [-0.2, -0.15) is 0 Å². The van der Waals surface area contributed by atoms with Gasteiger partial charge < -0.3 is 0 Å². The number of hydrogen-bond acceptors (Lipinski definition) is 0. The molecule has 0 unspecified atom stereocenters. The molecular weight excluding hydrogens is 246 g/mol.